The second-order valence-electron chi connectivity index (χ2n) is 4.58. The summed E-state index contributed by atoms with van der Waals surface area (Å²) in [5.74, 6) is -0.0598. The standard InChI is InChI=1S/C14H17FN2O3S/c1-2-20-14(19)12-8-21-6-5-17(12)13(18)9-3-4-10(15)11(16)7-9/h3-4,7,12H,2,5-6,8,16H2,1H3. The van der Waals surface area contributed by atoms with Crippen LogP contribution in [0.1, 0.15) is 17.3 Å². The fraction of sp³-hybridized carbons (Fsp3) is 0.429. The summed E-state index contributed by atoms with van der Waals surface area (Å²) in [5, 5.41) is 0. The van der Waals surface area contributed by atoms with Gasteiger partial charge in [0.2, 0.25) is 0 Å². The number of hydrogen-bond acceptors (Lipinski definition) is 5. The van der Waals surface area contributed by atoms with E-state index < -0.39 is 17.8 Å². The maximum absolute atomic E-state index is 13.2. The van der Waals surface area contributed by atoms with Crippen molar-refractivity contribution in [1.29, 1.82) is 0 Å². The Morgan fingerprint density at radius 1 is 1.52 bits per heavy atom. The number of nitrogens with zero attached hydrogens (tertiary/aromatic N) is 1. The molecule has 21 heavy (non-hydrogen) atoms. The number of nitrogen functional groups attached to an aromatic ring is 1. The molecule has 1 aliphatic rings. The van der Waals surface area contributed by atoms with Crippen LogP contribution in [0.2, 0.25) is 0 Å². The number of carbonyl (C=O) groups is 2. The third kappa shape index (κ3) is 3.47. The first-order chi connectivity index (χ1) is 10.0. The van der Waals surface area contributed by atoms with E-state index in [0.29, 0.717) is 12.3 Å². The quantitative estimate of drug-likeness (QED) is 0.677. The van der Waals surface area contributed by atoms with Gasteiger partial charge in [-0.05, 0) is 25.1 Å². The largest absolute Gasteiger partial charge is 0.464 e. The molecule has 1 aromatic carbocycles. The Balaban J connectivity index is 2.21. The Morgan fingerprint density at radius 3 is 2.95 bits per heavy atom. The average molecular weight is 312 g/mol. The van der Waals surface area contributed by atoms with E-state index in [9.17, 15) is 14.0 Å². The van der Waals surface area contributed by atoms with E-state index >= 15 is 0 Å². The smallest absolute Gasteiger partial charge is 0.329 e. The minimum absolute atomic E-state index is 0.0834. The van der Waals surface area contributed by atoms with Crippen molar-refractivity contribution in [3.05, 3.63) is 29.6 Å². The minimum atomic E-state index is -0.609. The van der Waals surface area contributed by atoms with Crippen LogP contribution in [0.4, 0.5) is 10.1 Å². The molecule has 1 fully saturated rings. The number of carbonyl (C=O) groups excluding carboxylic acids is 2. The molecule has 0 radical (unpaired) electrons. The third-order valence-corrected chi connectivity index (χ3v) is 4.21. The molecule has 0 bridgehead atoms. The van der Waals surface area contributed by atoms with Crippen LogP contribution in [-0.4, -0.2) is 47.5 Å². The zero-order valence-electron chi connectivity index (χ0n) is 11.7. The molecule has 1 aromatic rings. The Hall–Kier alpha value is -1.76. The Bertz CT molecular complexity index is 553. The van der Waals surface area contributed by atoms with Gasteiger partial charge in [0.15, 0.2) is 0 Å². The first kappa shape index (κ1) is 15.6. The third-order valence-electron chi connectivity index (χ3n) is 3.19. The molecule has 0 saturated carbocycles. The van der Waals surface area contributed by atoms with E-state index in [0.717, 1.165) is 11.8 Å². The normalized spacial score (nSPS) is 18.4. The van der Waals surface area contributed by atoms with E-state index in [-0.39, 0.29) is 23.8 Å². The minimum Gasteiger partial charge on any atom is -0.464 e. The van der Waals surface area contributed by atoms with Gasteiger partial charge >= 0.3 is 5.97 Å². The molecule has 1 atom stereocenters. The van der Waals surface area contributed by atoms with Crippen molar-refractivity contribution in [3.63, 3.8) is 0 Å². The van der Waals surface area contributed by atoms with Gasteiger partial charge in [-0.1, -0.05) is 0 Å². The number of amides is 1. The van der Waals surface area contributed by atoms with Crippen molar-refractivity contribution in [3.8, 4) is 0 Å². The maximum atomic E-state index is 13.2. The van der Waals surface area contributed by atoms with E-state index in [1.165, 1.54) is 17.0 Å². The number of rotatable bonds is 3. The highest BCUT2D eigenvalue weighted by Crippen LogP contribution is 2.21. The molecule has 1 unspecified atom stereocenters. The Morgan fingerprint density at radius 2 is 2.29 bits per heavy atom. The molecule has 1 saturated heterocycles. The van der Waals surface area contributed by atoms with Gasteiger partial charge < -0.3 is 15.4 Å². The van der Waals surface area contributed by atoms with Gasteiger partial charge in [0.1, 0.15) is 11.9 Å². The van der Waals surface area contributed by atoms with Crippen molar-refractivity contribution in [1.82, 2.24) is 4.90 Å². The van der Waals surface area contributed by atoms with E-state index in [1.807, 2.05) is 0 Å². The number of ether oxygens (including phenoxy) is 1. The lowest BCUT2D eigenvalue weighted by atomic mass is 10.1. The molecular formula is C14H17FN2O3S. The molecule has 2 N–H and O–H groups in total. The lowest BCUT2D eigenvalue weighted by molar-refractivity contribution is -0.147. The second-order valence-corrected chi connectivity index (χ2v) is 5.73. The molecule has 0 aliphatic carbocycles. The molecule has 114 valence electrons. The highest BCUT2D eigenvalue weighted by atomic mass is 32.2. The first-order valence-electron chi connectivity index (χ1n) is 6.65. The van der Waals surface area contributed by atoms with Gasteiger partial charge in [0.05, 0.1) is 12.3 Å². The van der Waals surface area contributed by atoms with Gasteiger partial charge in [0.25, 0.3) is 5.91 Å². The van der Waals surface area contributed by atoms with Crippen LogP contribution in [0.3, 0.4) is 0 Å². The van der Waals surface area contributed by atoms with Crippen LogP contribution in [-0.2, 0) is 9.53 Å². The molecule has 2 rings (SSSR count). The van der Waals surface area contributed by atoms with Crippen molar-refractivity contribution < 1.29 is 18.7 Å². The van der Waals surface area contributed by atoms with E-state index in [2.05, 4.69) is 0 Å². The number of halogens is 1. The monoisotopic (exact) mass is 312 g/mol. The van der Waals surface area contributed by atoms with Crippen molar-refractivity contribution in [2.24, 2.45) is 0 Å². The zero-order chi connectivity index (χ0) is 15.4. The van der Waals surface area contributed by atoms with Crippen LogP contribution in [0.5, 0.6) is 0 Å². The first-order valence-corrected chi connectivity index (χ1v) is 7.80. The molecular weight excluding hydrogens is 295 g/mol. The van der Waals surface area contributed by atoms with Gasteiger partial charge in [-0.15, -0.1) is 0 Å². The van der Waals surface area contributed by atoms with E-state index in [4.69, 9.17) is 10.5 Å². The van der Waals surface area contributed by atoms with E-state index in [1.54, 1.807) is 18.7 Å². The Kier molecular flexibility index (Phi) is 5.06. The molecule has 1 aliphatic heterocycles. The predicted octanol–water partition coefficient (Wildman–Crippen LogP) is 1.53. The lowest BCUT2D eigenvalue weighted by Crippen LogP contribution is -2.51. The van der Waals surface area contributed by atoms with Crippen LogP contribution >= 0.6 is 11.8 Å². The summed E-state index contributed by atoms with van der Waals surface area (Å²) in [6.07, 6.45) is 0. The number of esters is 1. The number of thioether (sulfide) groups is 1. The molecule has 1 amide bonds. The lowest BCUT2D eigenvalue weighted by Gasteiger charge is -2.33. The fourth-order valence-corrected chi connectivity index (χ4v) is 3.15. The van der Waals surface area contributed by atoms with Crippen LogP contribution in [0, 0.1) is 5.82 Å². The van der Waals surface area contributed by atoms with Gasteiger partial charge in [0, 0.05) is 23.6 Å². The van der Waals surface area contributed by atoms with Crippen molar-refractivity contribution in [2.45, 2.75) is 13.0 Å². The summed E-state index contributed by atoms with van der Waals surface area (Å²) in [4.78, 5) is 25.9. The summed E-state index contributed by atoms with van der Waals surface area (Å²) in [5.41, 5.74) is 5.68. The predicted molar refractivity (Wildman–Crippen MR) is 79.6 cm³/mol. The fourth-order valence-electron chi connectivity index (χ4n) is 2.12. The summed E-state index contributed by atoms with van der Waals surface area (Å²) in [7, 11) is 0. The summed E-state index contributed by atoms with van der Waals surface area (Å²) >= 11 is 1.60. The van der Waals surface area contributed by atoms with Crippen LogP contribution in [0.15, 0.2) is 18.2 Å². The van der Waals surface area contributed by atoms with Gasteiger partial charge in [-0.3, -0.25) is 4.79 Å². The molecule has 0 aromatic heterocycles. The molecule has 7 heteroatoms. The summed E-state index contributed by atoms with van der Waals surface area (Å²) in [6.45, 7) is 2.44. The summed E-state index contributed by atoms with van der Waals surface area (Å²) < 4.78 is 18.2. The van der Waals surface area contributed by atoms with Crippen LogP contribution < -0.4 is 5.73 Å². The molecule has 5 nitrogen and oxygen atoms in total. The average Bonchev–Trinajstić information content (AvgIpc) is 2.49. The number of hydrogen-bond donors (Lipinski definition) is 1. The highest BCUT2D eigenvalue weighted by molar-refractivity contribution is 7.99. The van der Waals surface area contributed by atoms with Gasteiger partial charge in [-0.25, -0.2) is 9.18 Å². The number of nitrogens with two attached hydrogens (primary N) is 1. The summed E-state index contributed by atoms with van der Waals surface area (Å²) in [6, 6.07) is 3.21. The number of anilines is 1. The highest BCUT2D eigenvalue weighted by Gasteiger charge is 2.34. The van der Waals surface area contributed by atoms with Crippen LogP contribution in [0.25, 0.3) is 0 Å². The zero-order valence-corrected chi connectivity index (χ0v) is 12.5. The van der Waals surface area contributed by atoms with Crippen molar-refractivity contribution in [2.75, 3.05) is 30.4 Å². The maximum Gasteiger partial charge on any atom is 0.329 e. The Labute approximate surface area is 126 Å². The molecule has 1 heterocycles. The van der Waals surface area contributed by atoms with Crippen molar-refractivity contribution >= 4 is 29.3 Å². The van der Waals surface area contributed by atoms with Gasteiger partial charge in [-0.2, -0.15) is 11.8 Å². The molecule has 0 spiro atoms. The topological polar surface area (TPSA) is 72.6 Å². The number of benzene rings is 1. The second kappa shape index (κ2) is 6.80. The SMILES string of the molecule is CCOC(=O)C1CSCCN1C(=O)c1ccc(F)c(N)c1.